The molecule has 2 N–H and O–H groups in total. The van der Waals surface area contributed by atoms with Crippen LogP contribution in [0.1, 0.15) is 19.0 Å². The minimum Gasteiger partial charge on any atom is -0.342 e. The van der Waals surface area contributed by atoms with E-state index in [4.69, 9.17) is 5.73 Å². The molecule has 1 aliphatic rings. The molecule has 1 amide bonds. The average molecular weight is 345 g/mol. The number of hydrogen-bond donors (Lipinski definition) is 1. The van der Waals surface area contributed by atoms with Gasteiger partial charge in [-0.15, -0.1) is 24.8 Å². The van der Waals surface area contributed by atoms with Gasteiger partial charge >= 0.3 is 0 Å². The SMILES string of the molecule is CC1(CN)CCN(C(=O)Cc2cn3ccccc3n2)C1.Cl.Cl. The van der Waals surface area contributed by atoms with Crippen molar-refractivity contribution in [1.29, 1.82) is 0 Å². The van der Waals surface area contributed by atoms with E-state index in [0.717, 1.165) is 30.9 Å². The maximum atomic E-state index is 12.3. The van der Waals surface area contributed by atoms with Crippen LogP contribution < -0.4 is 5.73 Å². The molecule has 1 aliphatic heterocycles. The molecule has 2 aromatic heterocycles. The molecule has 0 aromatic carbocycles. The molecule has 0 saturated carbocycles. The van der Waals surface area contributed by atoms with Crippen molar-refractivity contribution in [3.63, 3.8) is 0 Å². The third-order valence-corrected chi connectivity index (χ3v) is 4.15. The molecule has 122 valence electrons. The highest BCUT2D eigenvalue weighted by molar-refractivity contribution is 5.85. The zero-order chi connectivity index (χ0) is 14.2. The molecule has 1 atom stereocenters. The summed E-state index contributed by atoms with van der Waals surface area (Å²) in [7, 11) is 0. The van der Waals surface area contributed by atoms with E-state index in [-0.39, 0.29) is 36.1 Å². The van der Waals surface area contributed by atoms with Gasteiger partial charge in [-0.1, -0.05) is 13.0 Å². The van der Waals surface area contributed by atoms with E-state index < -0.39 is 0 Å². The summed E-state index contributed by atoms with van der Waals surface area (Å²) in [6, 6.07) is 5.84. The number of carbonyl (C=O) groups is 1. The van der Waals surface area contributed by atoms with Crippen LogP contribution in [0.5, 0.6) is 0 Å². The smallest absolute Gasteiger partial charge is 0.228 e. The molecule has 0 radical (unpaired) electrons. The number of nitrogens with zero attached hydrogens (tertiary/aromatic N) is 3. The fourth-order valence-electron chi connectivity index (χ4n) is 2.74. The molecule has 7 heteroatoms. The van der Waals surface area contributed by atoms with Crippen LogP contribution in [0.2, 0.25) is 0 Å². The number of amides is 1. The maximum absolute atomic E-state index is 12.3. The molecule has 3 rings (SSSR count). The van der Waals surface area contributed by atoms with Gasteiger partial charge in [0.1, 0.15) is 5.65 Å². The molecule has 0 aliphatic carbocycles. The summed E-state index contributed by atoms with van der Waals surface area (Å²) in [6.45, 7) is 4.34. The Morgan fingerprint density at radius 3 is 2.82 bits per heavy atom. The second kappa shape index (κ2) is 7.31. The lowest BCUT2D eigenvalue weighted by Gasteiger charge is -2.22. The molecule has 0 bridgehead atoms. The number of nitrogens with two attached hydrogens (primary N) is 1. The van der Waals surface area contributed by atoms with Crippen molar-refractivity contribution in [1.82, 2.24) is 14.3 Å². The average Bonchev–Trinajstić information content (AvgIpc) is 3.02. The first kappa shape index (κ1) is 18.7. The van der Waals surface area contributed by atoms with Crippen molar-refractivity contribution in [2.24, 2.45) is 11.1 Å². The van der Waals surface area contributed by atoms with E-state index in [2.05, 4.69) is 11.9 Å². The normalized spacial score (nSPS) is 20.5. The minimum absolute atomic E-state index is 0. The first-order chi connectivity index (χ1) is 9.59. The van der Waals surface area contributed by atoms with Crippen LogP contribution in [0.25, 0.3) is 5.65 Å². The predicted molar refractivity (Wildman–Crippen MR) is 91.8 cm³/mol. The van der Waals surface area contributed by atoms with Crippen molar-refractivity contribution in [3.05, 3.63) is 36.3 Å². The summed E-state index contributed by atoms with van der Waals surface area (Å²) >= 11 is 0. The van der Waals surface area contributed by atoms with Gasteiger partial charge in [-0.3, -0.25) is 4.79 Å². The summed E-state index contributed by atoms with van der Waals surface area (Å²) < 4.78 is 1.94. The largest absolute Gasteiger partial charge is 0.342 e. The molecule has 3 heterocycles. The van der Waals surface area contributed by atoms with Crippen molar-refractivity contribution in [3.8, 4) is 0 Å². The molecule has 5 nitrogen and oxygen atoms in total. The summed E-state index contributed by atoms with van der Waals surface area (Å²) in [4.78, 5) is 18.7. The zero-order valence-electron chi connectivity index (χ0n) is 12.6. The lowest BCUT2D eigenvalue weighted by atomic mass is 9.90. The first-order valence-corrected chi connectivity index (χ1v) is 7.00. The number of imidazole rings is 1. The van der Waals surface area contributed by atoms with E-state index in [0.29, 0.717) is 13.0 Å². The third kappa shape index (κ3) is 3.72. The van der Waals surface area contributed by atoms with E-state index in [9.17, 15) is 4.79 Å². The lowest BCUT2D eigenvalue weighted by Crippen LogP contribution is -2.35. The molecule has 1 unspecified atom stereocenters. The highest BCUT2D eigenvalue weighted by Gasteiger charge is 2.34. The van der Waals surface area contributed by atoms with Crippen molar-refractivity contribution >= 4 is 36.4 Å². The van der Waals surface area contributed by atoms with Gasteiger partial charge in [0.05, 0.1) is 12.1 Å². The highest BCUT2D eigenvalue weighted by Crippen LogP contribution is 2.28. The van der Waals surface area contributed by atoms with Gasteiger partial charge in [0.15, 0.2) is 0 Å². The number of carbonyl (C=O) groups excluding carboxylic acids is 1. The Labute approximate surface area is 142 Å². The monoisotopic (exact) mass is 344 g/mol. The number of hydrogen-bond acceptors (Lipinski definition) is 3. The van der Waals surface area contributed by atoms with Gasteiger partial charge in [-0.05, 0) is 30.5 Å². The fourth-order valence-corrected chi connectivity index (χ4v) is 2.74. The number of pyridine rings is 1. The second-order valence-corrected chi connectivity index (χ2v) is 5.96. The molecule has 0 spiro atoms. The molecular formula is C15H22Cl2N4O. The molecule has 2 aromatic rings. The van der Waals surface area contributed by atoms with E-state index in [1.165, 1.54) is 0 Å². The van der Waals surface area contributed by atoms with Gasteiger partial charge in [-0.2, -0.15) is 0 Å². The summed E-state index contributed by atoms with van der Waals surface area (Å²) in [5, 5.41) is 0. The second-order valence-electron chi connectivity index (χ2n) is 5.96. The third-order valence-electron chi connectivity index (χ3n) is 4.15. The zero-order valence-corrected chi connectivity index (χ0v) is 14.2. The summed E-state index contributed by atoms with van der Waals surface area (Å²) in [6.07, 6.45) is 5.21. The quantitative estimate of drug-likeness (QED) is 0.924. The van der Waals surface area contributed by atoms with Crippen LogP contribution >= 0.6 is 24.8 Å². The standard InChI is InChI=1S/C15H20N4O.2ClH/c1-15(10-16)5-7-19(11-15)14(20)8-12-9-18-6-3-2-4-13(18)17-12;;/h2-4,6,9H,5,7-8,10-11,16H2,1H3;2*1H. The number of halogens is 2. The maximum Gasteiger partial charge on any atom is 0.228 e. The Balaban J connectivity index is 0.00000121. The van der Waals surface area contributed by atoms with Gasteiger partial charge in [0.25, 0.3) is 0 Å². The molecule has 22 heavy (non-hydrogen) atoms. The molecule has 1 saturated heterocycles. The fraction of sp³-hybridized carbons (Fsp3) is 0.467. The number of likely N-dealkylation sites (tertiary alicyclic amines) is 1. The molecule has 1 fully saturated rings. The molecular weight excluding hydrogens is 323 g/mol. The predicted octanol–water partition coefficient (Wildman–Crippen LogP) is 1.92. The van der Waals surface area contributed by atoms with E-state index in [1.807, 2.05) is 39.9 Å². The Hall–Kier alpha value is -1.30. The number of aromatic nitrogens is 2. The van der Waals surface area contributed by atoms with Crippen LogP contribution in [0, 0.1) is 5.41 Å². The van der Waals surface area contributed by atoms with Gasteiger partial charge in [-0.25, -0.2) is 4.98 Å². The van der Waals surface area contributed by atoms with Crippen molar-refractivity contribution < 1.29 is 4.79 Å². The van der Waals surface area contributed by atoms with Gasteiger partial charge < -0.3 is 15.0 Å². The Morgan fingerprint density at radius 1 is 1.41 bits per heavy atom. The number of fused-ring (bicyclic) bond motifs is 1. The Kier molecular flexibility index (Phi) is 6.23. The first-order valence-electron chi connectivity index (χ1n) is 7.00. The minimum atomic E-state index is 0. The highest BCUT2D eigenvalue weighted by atomic mass is 35.5. The van der Waals surface area contributed by atoms with Crippen LogP contribution in [0.3, 0.4) is 0 Å². The number of rotatable bonds is 3. The Morgan fingerprint density at radius 2 is 2.18 bits per heavy atom. The summed E-state index contributed by atoms with van der Waals surface area (Å²) in [5.41, 5.74) is 7.56. The van der Waals surface area contributed by atoms with E-state index in [1.54, 1.807) is 0 Å². The lowest BCUT2D eigenvalue weighted by molar-refractivity contribution is -0.129. The van der Waals surface area contributed by atoms with Crippen molar-refractivity contribution in [2.75, 3.05) is 19.6 Å². The van der Waals surface area contributed by atoms with Gasteiger partial charge in [0.2, 0.25) is 5.91 Å². The van der Waals surface area contributed by atoms with Gasteiger partial charge in [0, 0.05) is 25.5 Å². The van der Waals surface area contributed by atoms with Crippen LogP contribution in [0.4, 0.5) is 0 Å². The Bertz CT molecular complexity index is 612. The van der Waals surface area contributed by atoms with Crippen molar-refractivity contribution in [2.45, 2.75) is 19.8 Å². The topological polar surface area (TPSA) is 63.6 Å². The van der Waals surface area contributed by atoms with E-state index >= 15 is 0 Å². The van der Waals surface area contributed by atoms with Crippen LogP contribution in [-0.2, 0) is 11.2 Å². The van der Waals surface area contributed by atoms with Crippen LogP contribution in [-0.4, -0.2) is 39.8 Å². The van der Waals surface area contributed by atoms with Crippen LogP contribution in [0.15, 0.2) is 30.6 Å². The summed E-state index contributed by atoms with van der Waals surface area (Å²) in [5.74, 6) is 0.144.